The van der Waals surface area contributed by atoms with Crippen molar-refractivity contribution in [1.29, 1.82) is 0 Å². The minimum absolute atomic E-state index is 0.0407. The summed E-state index contributed by atoms with van der Waals surface area (Å²) in [6.45, 7) is 1.95. The largest absolute Gasteiger partial charge is 0.545 e. The molecule has 0 aliphatic heterocycles. The Morgan fingerprint density at radius 3 is 2.30 bits per heavy atom. The third-order valence-corrected chi connectivity index (χ3v) is 3.93. The summed E-state index contributed by atoms with van der Waals surface area (Å²) >= 11 is 0. The van der Waals surface area contributed by atoms with Gasteiger partial charge in [-0.15, -0.1) is 0 Å². The van der Waals surface area contributed by atoms with Crippen molar-refractivity contribution in [1.82, 2.24) is 9.78 Å². The number of hydrogen-bond acceptors (Lipinski definition) is 6. The van der Waals surface area contributed by atoms with Crippen LogP contribution in [0.15, 0.2) is 54.6 Å². The van der Waals surface area contributed by atoms with E-state index in [0.29, 0.717) is 17.1 Å². The fraction of sp³-hybridized carbons (Fsp3) is 0.150. The summed E-state index contributed by atoms with van der Waals surface area (Å²) in [5.74, 6) is -1.08. The van der Waals surface area contributed by atoms with Gasteiger partial charge in [-0.3, -0.25) is 0 Å². The molecule has 1 aromatic heterocycles. The lowest BCUT2D eigenvalue weighted by atomic mass is 10.1. The van der Waals surface area contributed by atoms with Gasteiger partial charge in [0.15, 0.2) is 5.69 Å². The molecule has 3 aromatic rings. The molecule has 2 aromatic carbocycles. The van der Waals surface area contributed by atoms with Crippen LogP contribution in [0.2, 0.25) is 0 Å². The third kappa shape index (κ3) is 3.82. The zero-order valence-electron chi connectivity index (χ0n) is 14.8. The fourth-order valence-electron chi connectivity index (χ4n) is 2.57. The molecule has 0 atom stereocenters. The monoisotopic (exact) mass is 365 g/mol. The highest BCUT2D eigenvalue weighted by Crippen LogP contribution is 2.24. The SMILES string of the molecule is CCOC(=O)c1cc(-c2ccc(OC)cc2)nn1-c1ccc(C(=O)[O-])cc1. The van der Waals surface area contributed by atoms with Crippen LogP contribution in [0, 0.1) is 0 Å². The van der Waals surface area contributed by atoms with Gasteiger partial charge in [0.25, 0.3) is 0 Å². The lowest BCUT2D eigenvalue weighted by Gasteiger charge is -2.08. The van der Waals surface area contributed by atoms with Gasteiger partial charge in [-0.05, 0) is 55.0 Å². The van der Waals surface area contributed by atoms with Crippen molar-refractivity contribution >= 4 is 11.9 Å². The molecular formula is C20H17N2O5-. The van der Waals surface area contributed by atoms with Crippen LogP contribution < -0.4 is 9.84 Å². The molecular weight excluding hydrogens is 348 g/mol. The number of nitrogens with zero attached hydrogens (tertiary/aromatic N) is 2. The second-order valence-corrected chi connectivity index (χ2v) is 5.61. The van der Waals surface area contributed by atoms with E-state index in [0.717, 1.165) is 5.56 Å². The number of carboxylic acid groups (broad SMARTS) is 1. The lowest BCUT2D eigenvalue weighted by molar-refractivity contribution is -0.255. The molecule has 7 nitrogen and oxygen atoms in total. The van der Waals surface area contributed by atoms with Crippen molar-refractivity contribution in [2.75, 3.05) is 13.7 Å². The Morgan fingerprint density at radius 1 is 1.07 bits per heavy atom. The first-order valence-corrected chi connectivity index (χ1v) is 8.27. The zero-order chi connectivity index (χ0) is 19.4. The number of rotatable bonds is 6. The Kier molecular flexibility index (Phi) is 5.21. The quantitative estimate of drug-likeness (QED) is 0.621. The van der Waals surface area contributed by atoms with Crippen LogP contribution in [-0.4, -0.2) is 35.4 Å². The molecule has 0 unspecified atom stereocenters. The predicted molar refractivity (Wildman–Crippen MR) is 95.8 cm³/mol. The Balaban J connectivity index is 2.06. The van der Waals surface area contributed by atoms with E-state index in [4.69, 9.17) is 9.47 Å². The fourth-order valence-corrected chi connectivity index (χ4v) is 2.57. The Bertz CT molecular complexity index is 959. The van der Waals surface area contributed by atoms with Crippen molar-refractivity contribution in [2.24, 2.45) is 0 Å². The second-order valence-electron chi connectivity index (χ2n) is 5.61. The zero-order valence-corrected chi connectivity index (χ0v) is 14.8. The molecule has 0 saturated heterocycles. The van der Waals surface area contributed by atoms with Gasteiger partial charge in [0.2, 0.25) is 0 Å². The number of aromatic nitrogens is 2. The number of ether oxygens (including phenoxy) is 2. The summed E-state index contributed by atoms with van der Waals surface area (Å²) in [4.78, 5) is 23.3. The summed E-state index contributed by atoms with van der Waals surface area (Å²) in [5, 5.41) is 15.4. The summed E-state index contributed by atoms with van der Waals surface area (Å²) in [5.41, 5.74) is 2.18. The summed E-state index contributed by atoms with van der Waals surface area (Å²) < 4.78 is 11.7. The molecule has 138 valence electrons. The number of methoxy groups -OCH3 is 1. The number of carboxylic acids is 1. The molecule has 7 heteroatoms. The maximum atomic E-state index is 12.4. The number of carbonyl (C=O) groups excluding carboxylic acids is 2. The molecule has 0 saturated carbocycles. The average molecular weight is 365 g/mol. The normalized spacial score (nSPS) is 10.4. The van der Waals surface area contributed by atoms with E-state index in [9.17, 15) is 14.7 Å². The third-order valence-electron chi connectivity index (χ3n) is 3.93. The van der Waals surface area contributed by atoms with Crippen LogP contribution >= 0.6 is 0 Å². The van der Waals surface area contributed by atoms with E-state index in [2.05, 4.69) is 5.10 Å². The first kappa shape index (κ1) is 18.2. The molecule has 0 radical (unpaired) electrons. The summed E-state index contributed by atoms with van der Waals surface area (Å²) in [6.07, 6.45) is 0. The molecule has 0 bridgehead atoms. The Morgan fingerprint density at radius 2 is 1.74 bits per heavy atom. The van der Waals surface area contributed by atoms with E-state index in [1.54, 1.807) is 44.4 Å². The molecule has 3 rings (SSSR count). The lowest BCUT2D eigenvalue weighted by Crippen LogP contribution is -2.22. The first-order chi connectivity index (χ1) is 13.0. The number of carbonyl (C=O) groups is 2. The highest BCUT2D eigenvalue weighted by atomic mass is 16.5. The van der Waals surface area contributed by atoms with Gasteiger partial charge in [0.05, 0.1) is 31.1 Å². The van der Waals surface area contributed by atoms with Crippen LogP contribution in [0.1, 0.15) is 27.8 Å². The average Bonchev–Trinajstić information content (AvgIpc) is 3.14. The molecule has 0 amide bonds. The van der Waals surface area contributed by atoms with E-state index >= 15 is 0 Å². The summed E-state index contributed by atoms with van der Waals surface area (Å²) in [6, 6.07) is 14.8. The molecule has 0 aliphatic rings. The first-order valence-electron chi connectivity index (χ1n) is 8.27. The Labute approximate surface area is 155 Å². The van der Waals surface area contributed by atoms with Crippen molar-refractivity contribution in [2.45, 2.75) is 6.92 Å². The van der Waals surface area contributed by atoms with Crippen LogP contribution in [0.4, 0.5) is 0 Å². The number of hydrogen-bond donors (Lipinski definition) is 0. The molecule has 0 spiro atoms. The molecule has 0 N–H and O–H groups in total. The van der Waals surface area contributed by atoms with Gasteiger partial charge in [-0.1, -0.05) is 12.1 Å². The van der Waals surface area contributed by atoms with E-state index < -0.39 is 11.9 Å². The van der Waals surface area contributed by atoms with Crippen LogP contribution in [0.25, 0.3) is 16.9 Å². The van der Waals surface area contributed by atoms with Crippen molar-refractivity contribution in [3.63, 3.8) is 0 Å². The predicted octanol–water partition coefficient (Wildman–Crippen LogP) is 2.09. The maximum absolute atomic E-state index is 12.4. The smallest absolute Gasteiger partial charge is 0.357 e. The molecule has 27 heavy (non-hydrogen) atoms. The number of aromatic carboxylic acids is 1. The van der Waals surface area contributed by atoms with Gasteiger partial charge < -0.3 is 19.4 Å². The standard InChI is InChI=1S/C20H18N2O5/c1-3-27-20(25)18-12-17(13-6-10-16(26-2)11-7-13)21-22(18)15-8-4-14(5-9-15)19(23)24/h4-12H,3H2,1-2H3,(H,23,24)/p-1. The minimum atomic E-state index is -1.27. The van der Waals surface area contributed by atoms with Crippen LogP contribution in [-0.2, 0) is 4.74 Å². The minimum Gasteiger partial charge on any atom is -0.545 e. The van der Waals surface area contributed by atoms with Crippen molar-refractivity contribution < 1.29 is 24.2 Å². The summed E-state index contributed by atoms with van der Waals surface area (Å²) in [7, 11) is 1.58. The van der Waals surface area contributed by atoms with Gasteiger partial charge in [-0.2, -0.15) is 5.10 Å². The Hall–Kier alpha value is -3.61. The van der Waals surface area contributed by atoms with E-state index in [1.165, 1.54) is 16.8 Å². The van der Waals surface area contributed by atoms with E-state index in [1.807, 2.05) is 12.1 Å². The van der Waals surface area contributed by atoms with Gasteiger partial charge in [0, 0.05) is 5.56 Å². The van der Waals surface area contributed by atoms with Crippen LogP contribution in [0.3, 0.4) is 0 Å². The number of benzene rings is 2. The topological polar surface area (TPSA) is 93.5 Å². The van der Waals surface area contributed by atoms with Crippen molar-refractivity contribution in [3.8, 4) is 22.7 Å². The highest BCUT2D eigenvalue weighted by molar-refractivity contribution is 5.90. The van der Waals surface area contributed by atoms with Crippen molar-refractivity contribution in [3.05, 3.63) is 65.9 Å². The van der Waals surface area contributed by atoms with Gasteiger partial charge in [0.1, 0.15) is 5.75 Å². The molecule has 1 heterocycles. The number of esters is 1. The maximum Gasteiger partial charge on any atom is 0.357 e. The van der Waals surface area contributed by atoms with Crippen LogP contribution in [0.5, 0.6) is 5.75 Å². The second kappa shape index (κ2) is 7.74. The highest BCUT2D eigenvalue weighted by Gasteiger charge is 2.18. The van der Waals surface area contributed by atoms with Gasteiger partial charge >= 0.3 is 5.97 Å². The molecule has 0 aliphatic carbocycles. The van der Waals surface area contributed by atoms with E-state index in [-0.39, 0.29) is 17.9 Å². The van der Waals surface area contributed by atoms with Gasteiger partial charge in [-0.25, -0.2) is 9.48 Å². The molecule has 0 fully saturated rings.